The van der Waals surface area contributed by atoms with E-state index in [0.717, 1.165) is 4.90 Å². The van der Waals surface area contributed by atoms with Gasteiger partial charge >= 0.3 is 6.03 Å². The van der Waals surface area contributed by atoms with Crippen molar-refractivity contribution in [2.75, 3.05) is 19.0 Å². The minimum atomic E-state index is -0.774. The number of para-hydroxylation sites is 2. The van der Waals surface area contributed by atoms with Crippen LogP contribution in [0.25, 0.3) is 6.08 Å². The van der Waals surface area contributed by atoms with Gasteiger partial charge in [0, 0.05) is 10.6 Å². The highest BCUT2D eigenvalue weighted by Gasteiger charge is 2.35. The summed E-state index contributed by atoms with van der Waals surface area (Å²) in [6, 6.07) is 8.67. The van der Waals surface area contributed by atoms with E-state index in [1.807, 2.05) is 0 Å². The summed E-state index contributed by atoms with van der Waals surface area (Å²) in [4.78, 5) is 37.7. The Bertz CT molecular complexity index is 1040. The maximum atomic E-state index is 12.5. The van der Waals surface area contributed by atoms with Crippen LogP contribution < -0.4 is 15.4 Å². The molecule has 8 nitrogen and oxygen atoms in total. The van der Waals surface area contributed by atoms with Gasteiger partial charge in [-0.25, -0.2) is 9.69 Å². The minimum absolute atomic E-state index is 0.00540. The molecule has 1 aliphatic heterocycles. The summed E-state index contributed by atoms with van der Waals surface area (Å²) in [6.07, 6.45) is 1.23. The Balaban J connectivity index is 1.76. The van der Waals surface area contributed by atoms with Gasteiger partial charge in [0.2, 0.25) is 5.91 Å². The number of benzene rings is 2. The Kier molecular flexibility index (Phi) is 5.95. The number of urea groups is 1. The highest BCUT2D eigenvalue weighted by molar-refractivity contribution is 6.36. The number of rotatable bonds is 5. The van der Waals surface area contributed by atoms with E-state index in [1.165, 1.54) is 25.3 Å². The van der Waals surface area contributed by atoms with Crippen molar-refractivity contribution in [3.63, 3.8) is 0 Å². The van der Waals surface area contributed by atoms with Crippen molar-refractivity contribution in [2.45, 2.75) is 0 Å². The van der Waals surface area contributed by atoms with Crippen LogP contribution in [0.4, 0.5) is 10.5 Å². The van der Waals surface area contributed by atoms with Gasteiger partial charge < -0.3 is 20.5 Å². The lowest BCUT2D eigenvalue weighted by Gasteiger charge is -2.13. The number of nitrogens with zero attached hydrogens (tertiary/aromatic N) is 1. The Morgan fingerprint density at radius 1 is 1.28 bits per heavy atom. The zero-order chi connectivity index (χ0) is 21.1. The number of phenolic OH excluding ortho intramolecular Hbond substituents is 1. The average molecular weight is 436 g/mol. The summed E-state index contributed by atoms with van der Waals surface area (Å²) in [6.45, 7) is -0.512. The highest BCUT2D eigenvalue weighted by atomic mass is 35.5. The third-order valence-electron chi connectivity index (χ3n) is 4.00. The van der Waals surface area contributed by atoms with Crippen molar-refractivity contribution in [3.05, 3.63) is 57.7 Å². The lowest BCUT2D eigenvalue weighted by atomic mass is 10.1. The molecule has 2 aromatic rings. The van der Waals surface area contributed by atoms with Gasteiger partial charge in [0.15, 0.2) is 0 Å². The van der Waals surface area contributed by atoms with Crippen molar-refractivity contribution in [1.82, 2.24) is 10.2 Å². The van der Waals surface area contributed by atoms with Crippen LogP contribution >= 0.6 is 23.2 Å². The monoisotopic (exact) mass is 435 g/mol. The van der Waals surface area contributed by atoms with Gasteiger partial charge in [0.05, 0.1) is 17.8 Å². The lowest BCUT2D eigenvalue weighted by Crippen LogP contribution is -2.38. The van der Waals surface area contributed by atoms with E-state index in [0.29, 0.717) is 11.4 Å². The fourth-order valence-corrected chi connectivity index (χ4v) is 3.16. The Morgan fingerprint density at radius 3 is 2.72 bits per heavy atom. The molecule has 0 spiro atoms. The van der Waals surface area contributed by atoms with Crippen LogP contribution in [0.5, 0.6) is 11.5 Å². The number of carbonyl (C=O) groups excluding carboxylic acids is 3. The number of aromatic hydroxyl groups is 1. The second-order valence-electron chi connectivity index (χ2n) is 5.95. The van der Waals surface area contributed by atoms with Crippen LogP contribution in [0, 0.1) is 0 Å². The standard InChI is InChI=1S/C19H15Cl2N3O5/c1-29-15-5-3-2-4-13(15)22-16(25)9-24-18(27)14(23-19(24)28)7-10-6-11(20)8-12(21)17(10)26/h2-8,26H,9H2,1H3,(H,22,25)(H,23,28)/b14-7+. The molecular weight excluding hydrogens is 421 g/mol. The molecule has 1 saturated heterocycles. The molecular formula is C19H15Cl2N3O5. The zero-order valence-electron chi connectivity index (χ0n) is 15.0. The fraction of sp³-hybridized carbons (Fsp3) is 0.105. The molecule has 4 amide bonds. The van der Waals surface area contributed by atoms with Crippen LogP contribution in [0.2, 0.25) is 10.0 Å². The molecule has 10 heteroatoms. The van der Waals surface area contributed by atoms with Crippen molar-refractivity contribution >= 4 is 52.8 Å². The van der Waals surface area contributed by atoms with Crippen molar-refractivity contribution in [1.29, 1.82) is 0 Å². The van der Waals surface area contributed by atoms with E-state index in [4.69, 9.17) is 27.9 Å². The summed E-state index contributed by atoms with van der Waals surface area (Å²) in [5.74, 6) is -1.18. The maximum Gasteiger partial charge on any atom is 0.329 e. The zero-order valence-corrected chi connectivity index (χ0v) is 16.5. The number of hydrogen-bond acceptors (Lipinski definition) is 5. The van der Waals surface area contributed by atoms with Gasteiger partial charge in [0.1, 0.15) is 23.7 Å². The molecule has 1 aliphatic rings. The Morgan fingerprint density at radius 2 is 2.00 bits per heavy atom. The normalized spacial score (nSPS) is 14.9. The number of anilines is 1. The maximum absolute atomic E-state index is 12.5. The number of halogens is 2. The number of ether oxygens (including phenoxy) is 1. The molecule has 0 aliphatic carbocycles. The third kappa shape index (κ3) is 4.44. The van der Waals surface area contributed by atoms with E-state index < -0.39 is 24.4 Å². The summed E-state index contributed by atoms with van der Waals surface area (Å²) >= 11 is 11.8. The molecule has 0 aromatic heterocycles. The quantitative estimate of drug-likeness (QED) is 0.493. The number of carbonyl (C=O) groups is 3. The van der Waals surface area contributed by atoms with Crippen molar-refractivity contribution in [3.8, 4) is 11.5 Å². The van der Waals surface area contributed by atoms with Crippen LogP contribution in [-0.2, 0) is 9.59 Å². The second-order valence-corrected chi connectivity index (χ2v) is 6.80. The average Bonchev–Trinajstić information content (AvgIpc) is 2.93. The van der Waals surface area contributed by atoms with E-state index in [2.05, 4.69) is 10.6 Å². The van der Waals surface area contributed by atoms with Gasteiger partial charge in [-0.1, -0.05) is 35.3 Å². The number of phenols is 1. The van der Waals surface area contributed by atoms with Crippen LogP contribution in [0.3, 0.4) is 0 Å². The predicted octanol–water partition coefficient (Wildman–Crippen LogP) is 3.24. The molecule has 0 bridgehead atoms. The van der Waals surface area contributed by atoms with E-state index in [9.17, 15) is 19.5 Å². The largest absolute Gasteiger partial charge is 0.506 e. The number of methoxy groups -OCH3 is 1. The first-order valence-electron chi connectivity index (χ1n) is 8.25. The molecule has 2 aromatic carbocycles. The molecule has 0 radical (unpaired) electrons. The molecule has 1 fully saturated rings. The summed E-state index contributed by atoms with van der Waals surface area (Å²) in [7, 11) is 1.46. The van der Waals surface area contributed by atoms with Crippen LogP contribution in [0.1, 0.15) is 5.56 Å². The topological polar surface area (TPSA) is 108 Å². The molecule has 1 heterocycles. The van der Waals surface area contributed by atoms with Crippen molar-refractivity contribution in [2.24, 2.45) is 0 Å². The number of imide groups is 1. The first kappa shape index (κ1) is 20.5. The van der Waals surface area contributed by atoms with E-state index in [-0.39, 0.29) is 27.1 Å². The number of nitrogens with one attached hydrogen (secondary N) is 2. The summed E-state index contributed by atoms with van der Waals surface area (Å²) in [5, 5.41) is 15.2. The molecule has 0 saturated carbocycles. The van der Waals surface area contributed by atoms with Gasteiger partial charge in [-0.15, -0.1) is 0 Å². The van der Waals surface area contributed by atoms with Gasteiger partial charge in [0.25, 0.3) is 5.91 Å². The SMILES string of the molecule is COc1ccccc1NC(=O)CN1C(=O)N/C(=C/c2cc(Cl)cc(Cl)c2O)C1=O. The van der Waals surface area contributed by atoms with Gasteiger partial charge in [-0.3, -0.25) is 9.59 Å². The van der Waals surface area contributed by atoms with E-state index >= 15 is 0 Å². The lowest BCUT2D eigenvalue weighted by molar-refractivity contribution is -0.127. The molecule has 0 unspecified atom stereocenters. The predicted molar refractivity (Wildman–Crippen MR) is 108 cm³/mol. The van der Waals surface area contributed by atoms with Crippen LogP contribution in [0.15, 0.2) is 42.1 Å². The first-order valence-corrected chi connectivity index (χ1v) is 9.01. The number of amides is 4. The minimum Gasteiger partial charge on any atom is -0.506 e. The number of hydrogen-bond donors (Lipinski definition) is 3. The van der Waals surface area contributed by atoms with E-state index in [1.54, 1.807) is 24.3 Å². The molecule has 29 heavy (non-hydrogen) atoms. The summed E-state index contributed by atoms with van der Waals surface area (Å²) in [5.41, 5.74) is 0.418. The van der Waals surface area contributed by atoms with Gasteiger partial charge in [-0.2, -0.15) is 0 Å². The van der Waals surface area contributed by atoms with Gasteiger partial charge in [-0.05, 0) is 30.3 Å². The Hall–Kier alpha value is -3.23. The highest BCUT2D eigenvalue weighted by Crippen LogP contribution is 2.33. The smallest absolute Gasteiger partial charge is 0.329 e. The molecule has 150 valence electrons. The van der Waals surface area contributed by atoms with Crippen molar-refractivity contribution < 1.29 is 24.2 Å². The molecule has 3 N–H and O–H groups in total. The first-order chi connectivity index (χ1) is 13.8. The molecule has 3 rings (SSSR count). The Labute approximate surface area is 175 Å². The third-order valence-corrected chi connectivity index (χ3v) is 4.51. The molecule has 0 atom stereocenters. The summed E-state index contributed by atoms with van der Waals surface area (Å²) < 4.78 is 5.14. The fourth-order valence-electron chi connectivity index (χ4n) is 2.65. The second kappa shape index (κ2) is 8.42. The van der Waals surface area contributed by atoms with Crippen LogP contribution in [-0.4, -0.2) is 41.5 Å².